The van der Waals surface area contributed by atoms with Crippen molar-refractivity contribution in [2.24, 2.45) is 17.4 Å². The molecule has 4 N–H and O–H groups in total. The van der Waals surface area contributed by atoms with Crippen molar-refractivity contribution in [3.63, 3.8) is 0 Å². The van der Waals surface area contributed by atoms with Gasteiger partial charge in [-0.1, -0.05) is 0 Å². The third kappa shape index (κ3) is 2.72. The van der Waals surface area contributed by atoms with Gasteiger partial charge in [0.25, 0.3) is 5.69 Å². The van der Waals surface area contributed by atoms with Crippen molar-refractivity contribution < 1.29 is 14.5 Å². The Morgan fingerprint density at radius 1 is 1.55 bits per heavy atom. The summed E-state index contributed by atoms with van der Waals surface area (Å²) >= 11 is 0. The number of rotatable bonds is 6. The van der Waals surface area contributed by atoms with E-state index in [0.717, 1.165) is 18.4 Å². The van der Waals surface area contributed by atoms with Crippen molar-refractivity contribution in [3.8, 4) is 5.75 Å². The molecular weight excluding hydrogens is 262 g/mol. The Labute approximate surface area is 116 Å². The van der Waals surface area contributed by atoms with Crippen LogP contribution in [-0.2, 0) is 4.79 Å². The van der Waals surface area contributed by atoms with Gasteiger partial charge in [-0.25, -0.2) is 0 Å². The quantitative estimate of drug-likeness (QED) is 0.591. The zero-order chi connectivity index (χ0) is 14.9. The molecule has 1 aliphatic carbocycles. The molecule has 1 atom stereocenters. The molecule has 1 aliphatic rings. The van der Waals surface area contributed by atoms with Gasteiger partial charge in [-0.3, -0.25) is 14.9 Å². The largest absolute Gasteiger partial charge is 0.491 e. The van der Waals surface area contributed by atoms with Crippen LogP contribution in [0.1, 0.15) is 18.4 Å². The number of hydrogen-bond acceptors (Lipinski definition) is 5. The van der Waals surface area contributed by atoms with E-state index in [-0.39, 0.29) is 18.2 Å². The lowest BCUT2D eigenvalue weighted by Gasteiger charge is -2.26. The van der Waals surface area contributed by atoms with Crippen molar-refractivity contribution in [2.75, 3.05) is 6.61 Å². The maximum atomic E-state index is 11.5. The molecule has 7 nitrogen and oxygen atoms in total. The van der Waals surface area contributed by atoms with Gasteiger partial charge < -0.3 is 16.2 Å². The molecule has 1 amide bonds. The van der Waals surface area contributed by atoms with Gasteiger partial charge in [-0.15, -0.1) is 0 Å². The highest BCUT2D eigenvalue weighted by Crippen LogP contribution is 2.38. The highest BCUT2D eigenvalue weighted by atomic mass is 16.6. The van der Waals surface area contributed by atoms with Crippen LogP contribution in [0.5, 0.6) is 5.75 Å². The van der Waals surface area contributed by atoms with Crippen molar-refractivity contribution in [2.45, 2.75) is 25.3 Å². The van der Waals surface area contributed by atoms with E-state index in [2.05, 4.69) is 0 Å². The molecule has 108 valence electrons. The van der Waals surface area contributed by atoms with E-state index in [9.17, 15) is 14.9 Å². The maximum Gasteiger partial charge on any atom is 0.273 e. The minimum Gasteiger partial charge on any atom is -0.491 e. The lowest BCUT2D eigenvalue weighted by molar-refractivity contribution is -0.385. The van der Waals surface area contributed by atoms with E-state index in [1.807, 2.05) is 0 Å². The smallest absolute Gasteiger partial charge is 0.273 e. The van der Waals surface area contributed by atoms with Gasteiger partial charge in [0.15, 0.2) is 0 Å². The lowest BCUT2D eigenvalue weighted by atomic mass is 9.95. The zero-order valence-corrected chi connectivity index (χ0v) is 11.2. The van der Waals surface area contributed by atoms with Crippen LogP contribution < -0.4 is 16.2 Å². The molecule has 1 saturated carbocycles. The van der Waals surface area contributed by atoms with Gasteiger partial charge in [0, 0.05) is 6.07 Å². The first-order valence-electron chi connectivity index (χ1n) is 6.31. The molecule has 1 aromatic carbocycles. The number of non-ortho nitro benzene ring substituents is 1. The predicted molar refractivity (Wildman–Crippen MR) is 72.2 cm³/mol. The van der Waals surface area contributed by atoms with Gasteiger partial charge in [0.1, 0.15) is 17.9 Å². The molecule has 0 spiro atoms. The van der Waals surface area contributed by atoms with Crippen LogP contribution in [0.3, 0.4) is 0 Å². The molecule has 2 rings (SSSR count). The summed E-state index contributed by atoms with van der Waals surface area (Å²) in [5.41, 5.74) is 10.8. The Morgan fingerprint density at radius 3 is 2.70 bits per heavy atom. The second-order valence-electron chi connectivity index (χ2n) is 5.17. The minimum absolute atomic E-state index is 0.0269. The van der Waals surface area contributed by atoms with E-state index < -0.39 is 16.4 Å². The third-order valence-corrected chi connectivity index (χ3v) is 3.61. The number of benzene rings is 1. The lowest BCUT2D eigenvalue weighted by Crippen LogP contribution is -2.58. The standard InChI is InChI=1S/C13H17N3O4/c1-8-2-5-10(16(18)19)6-11(8)20-7-13(15,12(14)17)9-3-4-9/h2,5-6,9H,3-4,7,15H2,1H3,(H2,14,17). The van der Waals surface area contributed by atoms with E-state index in [4.69, 9.17) is 16.2 Å². The number of carbonyl (C=O) groups is 1. The summed E-state index contributed by atoms with van der Waals surface area (Å²) in [5, 5.41) is 10.7. The highest BCUT2D eigenvalue weighted by molar-refractivity contribution is 5.85. The number of nitro benzene ring substituents is 1. The number of nitro groups is 1. The second-order valence-corrected chi connectivity index (χ2v) is 5.17. The molecule has 0 bridgehead atoms. The molecule has 7 heteroatoms. The first-order chi connectivity index (χ1) is 9.34. The van der Waals surface area contributed by atoms with Crippen LogP contribution in [0, 0.1) is 23.0 Å². The molecule has 0 radical (unpaired) electrons. The number of ether oxygens (including phenoxy) is 1. The zero-order valence-electron chi connectivity index (χ0n) is 11.2. The summed E-state index contributed by atoms with van der Waals surface area (Å²) in [6.45, 7) is 1.69. The SMILES string of the molecule is Cc1ccc([N+](=O)[O-])cc1OCC(N)(C(N)=O)C1CC1. The van der Waals surface area contributed by atoms with E-state index in [0.29, 0.717) is 5.75 Å². The fraction of sp³-hybridized carbons (Fsp3) is 0.462. The Bertz CT molecular complexity index is 557. The summed E-state index contributed by atoms with van der Waals surface area (Å²) in [6, 6.07) is 4.31. The molecule has 0 saturated heterocycles. The molecule has 0 aliphatic heterocycles. The van der Waals surface area contributed by atoms with Crippen LogP contribution in [0.4, 0.5) is 5.69 Å². The summed E-state index contributed by atoms with van der Waals surface area (Å²) in [7, 11) is 0. The normalized spacial score (nSPS) is 17.3. The summed E-state index contributed by atoms with van der Waals surface area (Å²) in [6.07, 6.45) is 1.69. The number of primary amides is 1. The van der Waals surface area contributed by atoms with Gasteiger partial charge in [-0.2, -0.15) is 0 Å². The van der Waals surface area contributed by atoms with Crippen molar-refractivity contribution in [1.29, 1.82) is 0 Å². The topological polar surface area (TPSA) is 121 Å². The van der Waals surface area contributed by atoms with Crippen LogP contribution in [0.2, 0.25) is 0 Å². The van der Waals surface area contributed by atoms with Crippen molar-refractivity contribution in [3.05, 3.63) is 33.9 Å². The summed E-state index contributed by atoms with van der Waals surface area (Å²) in [4.78, 5) is 21.7. The number of carbonyl (C=O) groups excluding carboxylic acids is 1. The fourth-order valence-corrected chi connectivity index (χ4v) is 2.04. The Balaban J connectivity index is 2.15. The highest BCUT2D eigenvalue weighted by Gasteiger charge is 2.47. The average molecular weight is 279 g/mol. The molecule has 0 aromatic heterocycles. The van der Waals surface area contributed by atoms with Crippen LogP contribution >= 0.6 is 0 Å². The number of aryl methyl sites for hydroxylation is 1. The number of nitrogens with zero attached hydrogens (tertiary/aromatic N) is 1. The van der Waals surface area contributed by atoms with Gasteiger partial charge in [-0.05, 0) is 37.3 Å². The molecule has 1 unspecified atom stereocenters. The average Bonchev–Trinajstić information content (AvgIpc) is 3.21. The van der Waals surface area contributed by atoms with E-state index in [1.54, 1.807) is 13.0 Å². The number of nitrogens with two attached hydrogens (primary N) is 2. The first-order valence-corrected chi connectivity index (χ1v) is 6.31. The van der Waals surface area contributed by atoms with Crippen molar-refractivity contribution >= 4 is 11.6 Å². The predicted octanol–water partition coefficient (Wildman–Crippen LogP) is 0.875. The Kier molecular flexibility index (Phi) is 3.63. The molecule has 1 aromatic rings. The van der Waals surface area contributed by atoms with Crippen LogP contribution in [0.25, 0.3) is 0 Å². The minimum atomic E-state index is -1.21. The Morgan fingerprint density at radius 2 is 2.20 bits per heavy atom. The molecule has 0 heterocycles. The first kappa shape index (κ1) is 14.3. The van der Waals surface area contributed by atoms with Gasteiger partial charge in [0.05, 0.1) is 11.0 Å². The monoisotopic (exact) mass is 279 g/mol. The summed E-state index contributed by atoms with van der Waals surface area (Å²) < 4.78 is 5.53. The number of amides is 1. The second kappa shape index (κ2) is 5.09. The van der Waals surface area contributed by atoms with Crippen LogP contribution in [0.15, 0.2) is 18.2 Å². The van der Waals surface area contributed by atoms with Gasteiger partial charge in [0.2, 0.25) is 5.91 Å². The summed E-state index contributed by atoms with van der Waals surface area (Å²) in [5.74, 6) is -0.238. The maximum absolute atomic E-state index is 11.5. The molecule has 20 heavy (non-hydrogen) atoms. The number of hydrogen-bond donors (Lipinski definition) is 2. The van der Waals surface area contributed by atoms with Crippen LogP contribution in [-0.4, -0.2) is 23.0 Å². The van der Waals surface area contributed by atoms with Crippen molar-refractivity contribution in [1.82, 2.24) is 0 Å². The van der Waals surface area contributed by atoms with Gasteiger partial charge >= 0.3 is 0 Å². The molecule has 1 fully saturated rings. The Hall–Kier alpha value is -2.15. The van der Waals surface area contributed by atoms with E-state index in [1.165, 1.54) is 12.1 Å². The van der Waals surface area contributed by atoms with E-state index >= 15 is 0 Å². The fourth-order valence-electron chi connectivity index (χ4n) is 2.04. The molecular formula is C13H17N3O4. The third-order valence-electron chi connectivity index (χ3n) is 3.61.